The second kappa shape index (κ2) is 11.4. The molecule has 1 aliphatic rings. The van der Waals surface area contributed by atoms with Crippen molar-refractivity contribution in [2.45, 2.75) is 26.7 Å². The van der Waals surface area contributed by atoms with Gasteiger partial charge in [0.1, 0.15) is 17.2 Å². The fourth-order valence-electron chi connectivity index (χ4n) is 3.78. The zero-order valence-electron chi connectivity index (χ0n) is 20.1. The molecule has 4 rings (SSSR count). The van der Waals surface area contributed by atoms with Crippen LogP contribution in [0.25, 0.3) is 0 Å². The van der Waals surface area contributed by atoms with E-state index in [0.29, 0.717) is 42.4 Å². The summed E-state index contributed by atoms with van der Waals surface area (Å²) in [7, 11) is 0. The second-order valence-electron chi connectivity index (χ2n) is 8.37. The smallest absolute Gasteiger partial charge is 0.265 e. The summed E-state index contributed by atoms with van der Waals surface area (Å²) >= 11 is 0. The molecule has 35 heavy (non-hydrogen) atoms. The van der Waals surface area contributed by atoms with E-state index in [2.05, 4.69) is 12.2 Å². The Bertz CT molecular complexity index is 1180. The largest absolute Gasteiger partial charge is 0.494 e. The normalized spacial score (nSPS) is 12.5. The number of hydrogen-bond donors (Lipinski definition) is 1. The summed E-state index contributed by atoms with van der Waals surface area (Å²) in [6, 6.07) is 20.8. The van der Waals surface area contributed by atoms with Crippen molar-refractivity contribution in [3.05, 3.63) is 77.9 Å². The minimum atomic E-state index is -0.274. The van der Waals surface area contributed by atoms with Gasteiger partial charge < -0.3 is 24.4 Å². The zero-order chi connectivity index (χ0) is 24.6. The van der Waals surface area contributed by atoms with Crippen LogP contribution in [0.1, 0.15) is 24.5 Å². The van der Waals surface area contributed by atoms with Gasteiger partial charge in [0, 0.05) is 18.3 Å². The van der Waals surface area contributed by atoms with Crippen LogP contribution in [0, 0.1) is 6.92 Å². The van der Waals surface area contributed by atoms with Crippen LogP contribution in [0.15, 0.2) is 66.7 Å². The topological polar surface area (TPSA) is 77.1 Å². The van der Waals surface area contributed by atoms with Gasteiger partial charge in [-0.25, -0.2) is 0 Å². The molecule has 0 radical (unpaired) electrons. The zero-order valence-corrected chi connectivity index (χ0v) is 20.1. The van der Waals surface area contributed by atoms with Crippen molar-refractivity contribution in [2.24, 2.45) is 0 Å². The van der Waals surface area contributed by atoms with Crippen molar-refractivity contribution in [1.82, 2.24) is 0 Å². The van der Waals surface area contributed by atoms with Gasteiger partial charge in [-0.1, -0.05) is 36.8 Å². The number of rotatable bonds is 10. The van der Waals surface area contributed by atoms with E-state index in [4.69, 9.17) is 14.2 Å². The number of fused-ring (bicyclic) bond motifs is 1. The van der Waals surface area contributed by atoms with Gasteiger partial charge >= 0.3 is 0 Å². The Morgan fingerprint density at radius 1 is 1.03 bits per heavy atom. The molecule has 1 aliphatic heterocycles. The number of amides is 2. The molecule has 0 atom stereocenters. The van der Waals surface area contributed by atoms with E-state index < -0.39 is 0 Å². The minimum absolute atomic E-state index is 0.0416. The number of aryl methyl sites for hydroxylation is 2. The lowest BCUT2D eigenvalue weighted by Gasteiger charge is -2.29. The van der Waals surface area contributed by atoms with Crippen LogP contribution in [-0.4, -0.2) is 38.2 Å². The van der Waals surface area contributed by atoms with E-state index >= 15 is 0 Å². The molecular weight excluding hydrogens is 444 g/mol. The number of anilines is 2. The molecular formula is C28H30N2O5. The average Bonchev–Trinajstić information content (AvgIpc) is 2.87. The molecule has 0 aliphatic carbocycles. The molecule has 0 bridgehead atoms. The van der Waals surface area contributed by atoms with Crippen LogP contribution < -0.4 is 24.4 Å². The quantitative estimate of drug-likeness (QED) is 0.429. The Labute approximate surface area is 205 Å². The summed E-state index contributed by atoms with van der Waals surface area (Å²) in [6.45, 7) is 4.97. The SMILES string of the molecule is CCc1cccc(OCC(=O)Nc2ccc3c(c2)OCC(=O)N3CCCOc2ccc(C)cc2)c1. The highest BCUT2D eigenvalue weighted by Gasteiger charge is 2.25. The number of hydrogen-bond acceptors (Lipinski definition) is 5. The van der Waals surface area contributed by atoms with Gasteiger partial charge in [-0.05, 0) is 61.7 Å². The molecule has 7 heteroatoms. The first-order valence-corrected chi connectivity index (χ1v) is 11.8. The fourth-order valence-corrected chi connectivity index (χ4v) is 3.78. The van der Waals surface area contributed by atoms with Crippen LogP contribution in [0.4, 0.5) is 11.4 Å². The van der Waals surface area contributed by atoms with Crippen LogP contribution in [0.3, 0.4) is 0 Å². The third kappa shape index (κ3) is 6.53. The summed E-state index contributed by atoms with van der Waals surface area (Å²) in [5, 5.41) is 2.82. The first-order chi connectivity index (χ1) is 17.0. The van der Waals surface area contributed by atoms with Crippen molar-refractivity contribution >= 4 is 23.2 Å². The molecule has 0 unspecified atom stereocenters. The van der Waals surface area contributed by atoms with E-state index in [0.717, 1.165) is 17.7 Å². The molecule has 0 saturated heterocycles. The summed E-state index contributed by atoms with van der Waals surface area (Å²) in [6.07, 6.45) is 1.58. The van der Waals surface area contributed by atoms with Crippen LogP contribution in [0.2, 0.25) is 0 Å². The van der Waals surface area contributed by atoms with Gasteiger partial charge in [0.15, 0.2) is 13.2 Å². The third-order valence-electron chi connectivity index (χ3n) is 5.68. The first kappa shape index (κ1) is 24.1. The Balaban J connectivity index is 1.30. The number of nitrogens with zero attached hydrogens (tertiary/aromatic N) is 1. The van der Waals surface area contributed by atoms with E-state index in [-0.39, 0.29) is 25.0 Å². The van der Waals surface area contributed by atoms with Crippen LogP contribution in [-0.2, 0) is 16.0 Å². The Hall–Kier alpha value is -4.00. The van der Waals surface area contributed by atoms with Gasteiger partial charge in [-0.3, -0.25) is 9.59 Å². The molecule has 0 saturated carbocycles. The molecule has 0 spiro atoms. The summed E-state index contributed by atoms with van der Waals surface area (Å²) in [4.78, 5) is 26.5. The number of benzene rings is 3. The molecule has 0 fully saturated rings. The number of ether oxygens (including phenoxy) is 3. The number of carbonyl (C=O) groups is 2. The molecule has 1 N–H and O–H groups in total. The molecule has 2 amide bonds. The molecule has 7 nitrogen and oxygen atoms in total. The monoisotopic (exact) mass is 474 g/mol. The minimum Gasteiger partial charge on any atom is -0.494 e. The average molecular weight is 475 g/mol. The van der Waals surface area contributed by atoms with Crippen molar-refractivity contribution in [3.63, 3.8) is 0 Å². The number of nitrogens with one attached hydrogen (secondary N) is 1. The van der Waals surface area contributed by atoms with Crippen LogP contribution in [0.5, 0.6) is 17.2 Å². The highest BCUT2D eigenvalue weighted by atomic mass is 16.5. The van der Waals surface area contributed by atoms with Gasteiger partial charge in [-0.2, -0.15) is 0 Å². The standard InChI is InChI=1S/C28H30N2O5/c1-3-21-6-4-7-24(16-21)34-18-27(31)29-22-10-13-25-26(17-22)35-19-28(32)30(25)14-5-15-33-23-11-8-20(2)9-12-23/h4,6-13,16-17H,3,5,14-15,18-19H2,1-2H3,(H,29,31). The first-order valence-electron chi connectivity index (χ1n) is 11.8. The summed E-state index contributed by atoms with van der Waals surface area (Å²) in [5.41, 5.74) is 3.59. The highest BCUT2D eigenvalue weighted by Crippen LogP contribution is 2.34. The predicted octanol–water partition coefficient (Wildman–Crippen LogP) is 4.77. The van der Waals surface area contributed by atoms with Gasteiger partial charge in [-0.15, -0.1) is 0 Å². The van der Waals surface area contributed by atoms with Crippen molar-refractivity contribution in [2.75, 3.05) is 36.6 Å². The van der Waals surface area contributed by atoms with Crippen molar-refractivity contribution in [1.29, 1.82) is 0 Å². The lowest BCUT2D eigenvalue weighted by atomic mass is 10.2. The maximum absolute atomic E-state index is 12.5. The van der Waals surface area contributed by atoms with Crippen molar-refractivity contribution in [3.8, 4) is 17.2 Å². The lowest BCUT2D eigenvalue weighted by Crippen LogP contribution is -2.39. The van der Waals surface area contributed by atoms with Gasteiger partial charge in [0.05, 0.1) is 12.3 Å². The van der Waals surface area contributed by atoms with Gasteiger partial charge in [0.2, 0.25) is 0 Å². The van der Waals surface area contributed by atoms with E-state index in [1.54, 1.807) is 23.1 Å². The summed E-state index contributed by atoms with van der Waals surface area (Å²) < 4.78 is 17.0. The fraction of sp³-hybridized carbons (Fsp3) is 0.286. The molecule has 3 aromatic carbocycles. The predicted molar refractivity (Wildman–Crippen MR) is 136 cm³/mol. The van der Waals surface area contributed by atoms with Crippen molar-refractivity contribution < 1.29 is 23.8 Å². The maximum Gasteiger partial charge on any atom is 0.265 e. The Morgan fingerprint density at radius 3 is 2.66 bits per heavy atom. The molecule has 182 valence electrons. The van der Waals surface area contributed by atoms with Crippen LogP contribution >= 0.6 is 0 Å². The molecule has 0 aromatic heterocycles. The summed E-state index contributed by atoms with van der Waals surface area (Å²) in [5.74, 6) is 1.65. The molecule has 1 heterocycles. The van der Waals surface area contributed by atoms with E-state index in [9.17, 15) is 9.59 Å². The van der Waals surface area contributed by atoms with Gasteiger partial charge in [0.25, 0.3) is 11.8 Å². The Kier molecular flexibility index (Phi) is 7.88. The maximum atomic E-state index is 12.5. The second-order valence-corrected chi connectivity index (χ2v) is 8.37. The highest BCUT2D eigenvalue weighted by molar-refractivity contribution is 5.99. The van der Waals surface area contributed by atoms with E-state index in [1.807, 2.05) is 55.5 Å². The Morgan fingerprint density at radius 2 is 1.86 bits per heavy atom. The number of carbonyl (C=O) groups excluding carboxylic acids is 2. The molecule has 3 aromatic rings. The van der Waals surface area contributed by atoms with E-state index in [1.165, 1.54) is 5.56 Å². The third-order valence-corrected chi connectivity index (χ3v) is 5.68. The lowest BCUT2D eigenvalue weighted by molar-refractivity contribution is -0.121.